The molecule has 2 rings (SSSR count). The van der Waals surface area contributed by atoms with Crippen LogP contribution in [0.1, 0.15) is 47.1 Å². The first-order chi connectivity index (χ1) is 11.6. The van der Waals surface area contributed by atoms with Crippen LogP contribution < -0.4 is 10.9 Å². The van der Waals surface area contributed by atoms with Crippen molar-refractivity contribution < 1.29 is 18.0 Å². The minimum Gasteiger partial charge on any atom is -0.345 e. The number of hydrogen-bond acceptors (Lipinski definition) is 3. The van der Waals surface area contributed by atoms with Gasteiger partial charge in [0.2, 0.25) is 0 Å². The molecule has 2 heterocycles. The van der Waals surface area contributed by atoms with Crippen LogP contribution in [0.5, 0.6) is 0 Å². The van der Waals surface area contributed by atoms with Gasteiger partial charge in [0.05, 0.1) is 11.6 Å². The number of nitrogens with one attached hydrogen (secondary N) is 1. The van der Waals surface area contributed by atoms with E-state index in [0.29, 0.717) is 23.1 Å². The first-order valence-electron chi connectivity index (χ1n) is 7.67. The average Bonchev–Trinajstić information content (AvgIpc) is 2.56. The minimum atomic E-state index is -4.50. The van der Waals surface area contributed by atoms with E-state index in [0.717, 1.165) is 12.3 Å². The lowest BCUT2D eigenvalue weighted by molar-refractivity contribution is -0.141. The topological polar surface area (TPSA) is 64.0 Å². The second-order valence-electron chi connectivity index (χ2n) is 5.69. The van der Waals surface area contributed by atoms with Crippen molar-refractivity contribution in [1.82, 2.24) is 14.9 Å². The second-order valence-corrected chi connectivity index (χ2v) is 5.69. The molecule has 134 valence electrons. The van der Waals surface area contributed by atoms with Crippen LogP contribution >= 0.6 is 0 Å². The molecule has 0 fully saturated rings. The Morgan fingerprint density at radius 1 is 1.36 bits per heavy atom. The normalized spacial score (nSPS) is 12.7. The molecule has 0 saturated heterocycles. The summed E-state index contributed by atoms with van der Waals surface area (Å²) in [6.45, 7) is 3.46. The number of carbonyl (C=O) groups excluding carboxylic acids is 1. The number of nitrogens with zero attached hydrogens (tertiary/aromatic N) is 2. The smallest absolute Gasteiger partial charge is 0.345 e. The van der Waals surface area contributed by atoms with Crippen LogP contribution in [0.25, 0.3) is 0 Å². The Morgan fingerprint density at radius 2 is 2.04 bits per heavy atom. The summed E-state index contributed by atoms with van der Waals surface area (Å²) in [5.74, 6) is -0.419. The summed E-state index contributed by atoms with van der Waals surface area (Å²) < 4.78 is 38.9. The zero-order valence-electron chi connectivity index (χ0n) is 14.0. The van der Waals surface area contributed by atoms with Gasteiger partial charge in [-0.3, -0.25) is 14.6 Å². The van der Waals surface area contributed by atoms with Crippen molar-refractivity contribution in [3.05, 3.63) is 63.3 Å². The number of alkyl halides is 3. The number of aryl methyl sites for hydroxylation is 2. The SMILES string of the molecule is CCc1cc(C(=O)N[C@H](C)c2ccc(C(F)(F)F)nc2)cn(C)c1=O. The second kappa shape index (κ2) is 7.08. The van der Waals surface area contributed by atoms with Crippen LogP contribution in [-0.2, 0) is 19.6 Å². The van der Waals surface area contributed by atoms with Crippen molar-refractivity contribution >= 4 is 5.91 Å². The van der Waals surface area contributed by atoms with Crippen molar-refractivity contribution in [2.45, 2.75) is 32.5 Å². The highest BCUT2D eigenvalue weighted by Crippen LogP contribution is 2.27. The van der Waals surface area contributed by atoms with Crippen LogP contribution in [0, 0.1) is 0 Å². The van der Waals surface area contributed by atoms with Crippen molar-refractivity contribution in [3.8, 4) is 0 Å². The zero-order chi connectivity index (χ0) is 18.8. The van der Waals surface area contributed by atoms with Gasteiger partial charge in [-0.15, -0.1) is 0 Å². The fraction of sp³-hybridized carbons (Fsp3) is 0.353. The fourth-order valence-corrected chi connectivity index (χ4v) is 2.35. The molecular weight excluding hydrogens is 335 g/mol. The number of aromatic nitrogens is 2. The molecule has 0 bridgehead atoms. The lowest BCUT2D eigenvalue weighted by Crippen LogP contribution is -2.29. The van der Waals surface area contributed by atoms with Gasteiger partial charge in [-0.05, 0) is 31.0 Å². The highest BCUT2D eigenvalue weighted by atomic mass is 19.4. The van der Waals surface area contributed by atoms with Crippen LogP contribution in [0.2, 0.25) is 0 Å². The predicted molar refractivity (Wildman–Crippen MR) is 86.2 cm³/mol. The van der Waals surface area contributed by atoms with Crippen molar-refractivity contribution in [1.29, 1.82) is 0 Å². The monoisotopic (exact) mass is 353 g/mol. The van der Waals surface area contributed by atoms with E-state index < -0.39 is 23.8 Å². The summed E-state index contributed by atoms with van der Waals surface area (Å²) in [4.78, 5) is 27.6. The number of hydrogen-bond donors (Lipinski definition) is 1. The van der Waals surface area contributed by atoms with Crippen molar-refractivity contribution in [2.75, 3.05) is 0 Å². The third kappa shape index (κ3) is 4.26. The molecular formula is C17H18F3N3O2. The Balaban J connectivity index is 2.18. The Kier molecular flexibility index (Phi) is 5.30. The molecule has 1 N–H and O–H groups in total. The Labute approximate surface area is 142 Å². The molecule has 5 nitrogen and oxygen atoms in total. The maximum atomic E-state index is 12.5. The number of pyridine rings is 2. The third-order valence-electron chi connectivity index (χ3n) is 3.82. The molecule has 0 radical (unpaired) electrons. The Morgan fingerprint density at radius 3 is 2.56 bits per heavy atom. The quantitative estimate of drug-likeness (QED) is 0.919. The van der Waals surface area contributed by atoms with Gasteiger partial charge in [0.15, 0.2) is 0 Å². The van der Waals surface area contributed by atoms with Gasteiger partial charge >= 0.3 is 6.18 Å². The van der Waals surface area contributed by atoms with E-state index >= 15 is 0 Å². The molecule has 0 spiro atoms. The van der Waals surface area contributed by atoms with Gasteiger partial charge in [0, 0.05) is 25.0 Å². The van der Waals surface area contributed by atoms with E-state index in [1.807, 2.05) is 6.92 Å². The molecule has 0 aromatic carbocycles. The highest BCUT2D eigenvalue weighted by Gasteiger charge is 2.32. The van der Waals surface area contributed by atoms with E-state index in [-0.39, 0.29) is 5.56 Å². The van der Waals surface area contributed by atoms with Gasteiger partial charge < -0.3 is 9.88 Å². The number of rotatable bonds is 4. The van der Waals surface area contributed by atoms with Gasteiger partial charge in [-0.25, -0.2) is 0 Å². The van der Waals surface area contributed by atoms with E-state index in [2.05, 4.69) is 10.3 Å². The first-order valence-corrected chi connectivity index (χ1v) is 7.67. The fourth-order valence-electron chi connectivity index (χ4n) is 2.35. The molecule has 25 heavy (non-hydrogen) atoms. The molecule has 0 unspecified atom stereocenters. The lowest BCUT2D eigenvalue weighted by Gasteiger charge is -2.15. The molecule has 0 aliphatic rings. The largest absolute Gasteiger partial charge is 0.433 e. The predicted octanol–water partition coefficient (Wildman–Crippen LogP) is 2.85. The van der Waals surface area contributed by atoms with Crippen LogP contribution in [-0.4, -0.2) is 15.5 Å². The number of carbonyl (C=O) groups is 1. The first kappa shape index (κ1) is 18.7. The maximum Gasteiger partial charge on any atom is 0.433 e. The number of halogens is 3. The zero-order valence-corrected chi connectivity index (χ0v) is 14.0. The molecule has 2 aromatic rings. The Bertz CT molecular complexity index is 827. The van der Waals surface area contributed by atoms with Gasteiger partial charge in [-0.2, -0.15) is 13.2 Å². The summed E-state index contributed by atoms with van der Waals surface area (Å²) in [7, 11) is 1.56. The highest BCUT2D eigenvalue weighted by molar-refractivity contribution is 5.94. The van der Waals surface area contributed by atoms with E-state index in [1.165, 1.54) is 22.9 Å². The summed E-state index contributed by atoms with van der Waals surface area (Å²) in [5.41, 5.74) is 0.117. The van der Waals surface area contributed by atoms with Crippen LogP contribution in [0.4, 0.5) is 13.2 Å². The number of amides is 1. The lowest BCUT2D eigenvalue weighted by atomic mass is 10.1. The Hall–Kier alpha value is -2.64. The maximum absolute atomic E-state index is 12.5. The van der Waals surface area contributed by atoms with Gasteiger partial charge in [-0.1, -0.05) is 13.0 Å². The standard InChI is InChI=1S/C17H18F3N3O2/c1-4-11-7-13(9-23(3)16(11)25)15(24)22-10(2)12-5-6-14(21-8-12)17(18,19)20/h5-10H,4H2,1-3H3,(H,22,24)/t10-/m1/s1. The molecule has 0 saturated carbocycles. The van der Waals surface area contributed by atoms with Crippen LogP contribution in [0.15, 0.2) is 35.4 Å². The van der Waals surface area contributed by atoms with Crippen molar-refractivity contribution in [2.24, 2.45) is 7.05 Å². The summed E-state index contributed by atoms with van der Waals surface area (Å²) in [5, 5.41) is 2.69. The van der Waals surface area contributed by atoms with E-state index in [4.69, 9.17) is 0 Å². The van der Waals surface area contributed by atoms with Gasteiger partial charge in [0.25, 0.3) is 11.5 Å². The molecule has 8 heteroatoms. The summed E-state index contributed by atoms with van der Waals surface area (Å²) >= 11 is 0. The average molecular weight is 353 g/mol. The van der Waals surface area contributed by atoms with E-state index in [1.54, 1.807) is 14.0 Å². The van der Waals surface area contributed by atoms with Gasteiger partial charge in [0.1, 0.15) is 5.69 Å². The van der Waals surface area contributed by atoms with E-state index in [9.17, 15) is 22.8 Å². The molecule has 2 aromatic heterocycles. The molecule has 0 aliphatic carbocycles. The van der Waals surface area contributed by atoms with Crippen LogP contribution in [0.3, 0.4) is 0 Å². The molecule has 1 amide bonds. The summed E-state index contributed by atoms with van der Waals surface area (Å²) in [6.07, 6.45) is -1.50. The van der Waals surface area contributed by atoms with Crippen molar-refractivity contribution in [3.63, 3.8) is 0 Å². The third-order valence-corrected chi connectivity index (χ3v) is 3.82. The summed E-state index contributed by atoms with van der Waals surface area (Å²) in [6, 6.07) is 3.14. The molecule has 0 aliphatic heterocycles. The molecule has 1 atom stereocenters. The minimum absolute atomic E-state index is 0.168.